The van der Waals surface area contributed by atoms with Crippen LogP contribution in [0.2, 0.25) is 0 Å². The predicted octanol–water partition coefficient (Wildman–Crippen LogP) is 0.429. The molecule has 1 heterocycles. The van der Waals surface area contributed by atoms with Crippen LogP contribution < -0.4 is 0 Å². The van der Waals surface area contributed by atoms with Crippen LogP contribution in [0.4, 0.5) is 0 Å². The summed E-state index contributed by atoms with van der Waals surface area (Å²) in [5.74, 6) is 0.643. The van der Waals surface area contributed by atoms with Crippen molar-refractivity contribution in [1.29, 1.82) is 0 Å². The van der Waals surface area contributed by atoms with Crippen LogP contribution in [0.15, 0.2) is 0 Å². The van der Waals surface area contributed by atoms with Gasteiger partial charge in [0.15, 0.2) is 0 Å². The second kappa shape index (κ2) is 4.59. The number of nitrogens with zero attached hydrogens (tertiary/aromatic N) is 1. The Labute approximate surface area is 86.0 Å². The lowest BCUT2D eigenvalue weighted by Gasteiger charge is -2.25. The van der Waals surface area contributed by atoms with Crippen molar-refractivity contribution >= 4 is 10.0 Å². The molecule has 4 nitrogen and oxygen atoms in total. The molecule has 0 bridgehead atoms. The summed E-state index contributed by atoms with van der Waals surface area (Å²) < 4.78 is 24.6. The second-order valence-electron chi connectivity index (χ2n) is 4.25. The zero-order valence-electron chi connectivity index (χ0n) is 8.81. The van der Waals surface area contributed by atoms with E-state index in [0.29, 0.717) is 18.9 Å². The summed E-state index contributed by atoms with van der Waals surface area (Å²) in [6.07, 6.45) is 1.42. The molecule has 1 rings (SSSR count). The topological polar surface area (TPSA) is 57.6 Å². The minimum absolute atomic E-state index is 0.0720. The van der Waals surface area contributed by atoms with E-state index in [1.165, 1.54) is 4.31 Å². The third-order valence-corrected chi connectivity index (χ3v) is 4.50. The number of hydrogen-bond acceptors (Lipinski definition) is 3. The van der Waals surface area contributed by atoms with Gasteiger partial charge in [-0.2, -0.15) is 4.31 Å². The smallest absolute Gasteiger partial charge is 0.214 e. The van der Waals surface area contributed by atoms with Crippen molar-refractivity contribution in [3.05, 3.63) is 0 Å². The highest BCUT2D eigenvalue weighted by Gasteiger charge is 2.34. The van der Waals surface area contributed by atoms with Gasteiger partial charge in [0, 0.05) is 12.6 Å². The van der Waals surface area contributed by atoms with Crippen LogP contribution in [0.5, 0.6) is 0 Å². The molecule has 1 saturated heterocycles. The molecule has 1 aliphatic heterocycles. The zero-order valence-corrected chi connectivity index (χ0v) is 9.63. The molecule has 0 radical (unpaired) electrons. The van der Waals surface area contributed by atoms with Crippen molar-refractivity contribution in [2.75, 3.05) is 18.9 Å². The second-order valence-corrected chi connectivity index (χ2v) is 6.29. The van der Waals surface area contributed by atoms with Crippen molar-refractivity contribution in [2.45, 2.75) is 32.7 Å². The average molecular weight is 221 g/mol. The van der Waals surface area contributed by atoms with Crippen LogP contribution in [0.25, 0.3) is 0 Å². The summed E-state index contributed by atoms with van der Waals surface area (Å²) in [5, 5.41) is 9.16. The maximum absolute atomic E-state index is 11.6. The van der Waals surface area contributed by atoms with Crippen LogP contribution in [-0.2, 0) is 10.0 Å². The monoisotopic (exact) mass is 221 g/mol. The van der Waals surface area contributed by atoms with Crippen LogP contribution >= 0.6 is 0 Å². The summed E-state index contributed by atoms with van der Waals surface area (Å²) >= 11 is 0. The van der Waals surface area contributed by atoms with Gasteiger partial charge < -0.3 is 5.11 Å². The lowest BCUT2D eigenvalue weighted by Crippen LogP contribution is -2.39. The Morgan fingerprint density at radius 3 is 2.43 bits per heavy atom. The average Bonchev–Trinajstić information content (AvgIpc) is 2.41. The lowest BCUT2D eigenvalue weighted by molar-refractivity contribution is 0.174. The van der Waals surface area contributed by atoms with E-state index in [0.717, 1.165) is 6.42 Å². The zero-order chi connectivity index (χ0) is 10.8. The third kappa shape index (κ3) is 2.68. The van der Waals surface area contributed by atoms with Crippen molar-refractivity contribution in [1.82, 2.24) is 4.31 Å². The van der Waals surface area contributed by atoms with Crippen molar-refractivity contribution in [2.24, 2.45) is 5.92 Å². The van der Waals surface area contributed by atoms with Gasteiger partial charge >= 0.3 is 0 Å². The molecule has 5 heteroatoms. The van der Waals surface area contributed by atoms with Gasteiger partial charge in [0.2, 0.25) is 10.0 Å². The van der Waals surface area contributed by atoms with Crippen LogP contribution in [0, 0.1) is 5.92 Å². The first kappa shape index (κ1) is 11.9. The predicted molar refractivity (Wildman–Crippen MR) is 55.4 cm³/mol. The minimum Gasteiger partial charge on any atom is -0.395 e. The fourth-order valence-electron chi connectivity index (χ4n) is 1.90. The quantitative estimate of drug-likeness (QED) is 0.749. The van der Waals surface area contributed by atoms with E-state index in [-0.39, 0.29) is 18.4 Å². The summed E-state index contributed by atoms with van der Waals surface area (Å²) in [6.45, 7) is 4.56. The molecule has 84 valence electrons. The van der Waals surface area contributed by atoms with Crippen molar-refractivity contribution < 1.29 is 13.5 Å². The first-order valence-electron chi connectivity index (χ1n) is 5.07. The molecule has 0 aromatic heterocycles. The maximum atomic E-state index is 11.6. The summed E-state index contributed by atoms with van der Waals surface area (Å²) in [7, 11) is -3.07. The van der Waals surface area contributed by atoms with E-state index in [1.807, 2.05) is 13.8 Å². The molecule has 0 amide bonds. The Balaban J connectivity index is 2.69. The first-order valence-corrected chi connectivity index (χ1v) is 6.68. The van der Waals surface area contributed by atoms with Gasteiger partial charge in [-0.1, -0.05) is 13.8 Å². The summed E-state index contributed by atoms with van der Waals surface area (Å²) in [5.41, 5.74) is 0. The molecule has 0 spiro atoms. The highest BCUT2D eigenvalue weighted by Crippen LogP contribution is 2.21. The molecule has 1 aliphatic rings. The fraction of sp³-hybridized carbons (Fsp3) is 1.00. The van der Waals surface area contributed by atoms with Crippen LogP contribution in [-0.4, -0.2) is 42.8 Å². The molecule has 0 aromatic carbocycles. The molecule has 1 unspecified atom stereocenters. The molecular weight excluding hydrogens is 202 g/mol. The number of aliphatic hydroxyl groups excluding tert-OH is 1. The number of aliphatic hydroxyl groups is 1. The van der Waals surface area contributed by atoms with Crippen molar-refractivity contribution in [3.8, 4) is 0 Å². The largest absolute Gasteiger partial charge is 0.395 e. The van der Waals surface area contributed by atoms with Gasteiger partial charge in [-0.05, 0) is 18.8 Å². The first-order chi connectivity index (χ1) is 6.47. The molecule has 0 saturated carbocycles. The molecule has 0 aliphatic carbocycles. The van der Waals surface area contributed by atoms with Gasteiger partial charge in [0.05, 0.1) is 12.4 Å². The Kier molecular flexibility index (Phi) is 3.92. The van der Waals surface area contributed by atoms with E-state index in [2.05, 4.69) is 0 Å². The Morgan fingerprint density at radius 2 is 2.07 bits per heavy atom. The molecular formula is C9H19NO3S. The maximum Gasteiger partial charge on any atom is 0.214 e. The summed E-state index contributed by atoms with van der Waals surface area (Å²) in [4.78, 5) is 0. The number of rotatable bonds is 4. The van der Waals surface area contributed by atoms with Gasteiger partial charge in [0.25, 0.3) is 0 Å². The Morgan fingerprint density at radius 1 is 1.43 bits per heavy atom. The SMILES string of the molecule is CC(C)CC(CO)N1CCCS1(=O)=O. The van der Waals surface area contributed by atoms with Gasteiger partial charge in [-0.3, -0.25) is 0 Å². The highest BCUT2D eigenvalue weighted by molar-refractivity contribution is 7.89. The van der Waals surface area contributed by atoms with E-state index < -0.39 is 10.0 Å². The fourth-order valence-corrected chi connectivity index (χ4v) is 3.64. The highest BCUT2D eigenvalue weighted by atomic mass is 32.2. The van der Waals surface area contributed by atoms with Crippen LogP contribution in [0.3, 0.4) is 0 Å². The molecule has 1 fully saturated rings. The molecule has 1 atom stereocenters. The number of hydrogen-bond donors (Lipinski definition) is 1. The van der Waals surface area contributed by atoms with Crippen LogP contribution in [0.1, 0.15) is 26.7 Å². The minimum atomic E-state index is -3.07. The number of sulfonamides is 1. The lowest BCUT2D eigenvalue weighted by atomic mass is 10.0. The third-order valence-electron chi connectivity index (χ3n) is 2.50. The summed E-state index contributed by atoms with van der Waals surface area (Å²) in [6, 6.07) is -0.220. The van der Waals surface area contributed by atoms with E-state index in [9.17, 15) is 8.42 Å². The molecule has 14 heavy (non-hydrogen) atoms. The Hall–Kier alpha value is -0.130. The van der Waals surface area contributed by atoms with Gasteiger partial charge in [0.1, 0.15) is 0 Å². The van der Waals surface area contributed by atoms with E-state index >= 15 is 0 Å². The van der Waals surface area contributed by atoms with Gasteiger partial charge in [-0.15, -0.1) is 0 Å². The molecule has 0 aromatic rings. The van der Waals surface area contributed by atoms with Crippen molar-refractivity contribution in [3.63, 3.8) is 0 Å². The Bertz CT molecular complexity index is 274. The standard InChI is InChI=1S/C9H19NO3S/c1-8(2)6-9(7-11)10-4-3-5-14(10,12)13/h8-9,11H,3-7H2,1-2H3. The normalized spacial score (nSPS) is 24.3. The van der Waals surface area contributed by atoms with E-state index in [1.54, 1.807) is 0 Å². The van der Waals surface area contributed by atoms with E-state index in [4.69, 9.17) is 5.11 Å². The van der Waals surface area contributed by atoms with Gasteiger partial charge in [-0.25, -0.2) is 8.42 Å². The molecule has 1 N–H and O–H groups in total.